The number of hydrogen-bond acceptors (Lipinski definition) is 4. The molecule has 0 aromatic heterocycles. The highest BCUT2D eigenvalue weighted by atomic mass is 16.6. The maximum absolute atomic E-state index is 12.2. The summed E-state index contributed by atoms with van der Waals surface area (Å²) in [5.41, 5.74) is 0.589. The van der Waals surface area contributed by atoms with Gasteiger partial charge in [0.2, 0.25) is 0 Å². The zero-order valence-electron chi connectivity index (χ0n) is 15.1. The second kappa shape index (κ2) is 8.34. The number of aryl methyl sites for hydroxylation is 1. The van der Waals surface area contributed by atoms with Gasteiger partial charge in [-0.3, -0.25) is 4.90 Å². The molecular weight excluding hydrogens is 322 g/mol. The van der Waals surface area contributed by atoms with Gasteiger partial charge in [-0.15, -0.1) is 0 Å². The second-order valence-corrected chi connectivity index (χ2v) is 7.30. The molecule has 0 spiro atoms. The molecule has 1 saturated heterocycles. The number of likely N-dealkylation sites (tertiary alicyclic amines) is 1. The van der Waals surface area contributed by atoms with E-state index in [4.69, 9.17) is 9.47 Å². The van der Waals surface area contributed by atoms with Crippen LogP contribution in [0, 0.1) is 0 Å². The quantitative estimate of drug-likeness (QED) is 0.799. The minimum absolute atomic E-state index is 0.247. The Hall–Kier alpha value is -2.08. The molecule has 2 atom stereocenters. The molecule has 1 aliphatic heterocycles. The summed E-state index contributed by atoms with van der Waals surface area (Å²) in [6, 6.07) is 9.23. The number of carboxylic acid groups (broad SMARTS) is 1. The van der Waals surface area contributed by atoms with Crippen molar-refractivity contribution in [2.45, 2.75) is 57.8 Å². The average Bonchev–Trinajstić information content (AvgIpc) is 2.96. The first-order chi connectivity index (χ1) is 11.8. The first-order valence-corrected chi connectivity index (χ1v) is 8.64. The van der Waals surface area contributed by atoms with E-state index in [9.17, 15) is 14.7 Å². The summed E-state index contributed by atoms with van der Waals surface area (Å²) >= 11 is 0. The second-order valence-electron chi connectivity index (χ2n) is 7.30. The van der Waals surface area contributed by atoms with Crippen LogP contribution in [-0.2, 0) is 20.7 Å². The molecule has 138 valence electrons. The number of hydrogen-bond donors (Lipinski definition) is 1. The molecule has 1 amide bonds. The van der Waals surface area contributed by atoms with Gasteiger partial charge in [0.15, 0.2) is 0 Å². The van der Waals surface area contributed by atoms with Crippen LogP contribution in [0.2, 0.25) is 0 Å². The smallest absolute Gasteiger partial charge is 0.411 e. The van der Waals surface area contributed by atoms with E-state index < -0.39 is 23.7 Å². The normalized spacial score (nSPS) is 20.5. The monoisotopic (exact) mass is 349 g/mol. The number of rotatable bonds is 6. The SMILES string of the molecule is CC(C)(C)OC(=O)N1C[C@@H](OCCCc2ccccc2)C[C@H]1C(=O)O. The van der Waals surface area contributed by atoms with Crippen molar-refractivity contribution in [3.63, 3.8) is 0 Å². The maximum atomic E-state index is 12.2. The topological polar surface area (TPSA) is 76.1 Å². The molecule has 0 saturated carbocycles. The van der Waals surface area contributed by atoms with E-state index in [-0.39, 0.29) is 12.6 Å². The lowest BCUT2D eigenvalue weighted by Gasteiger charge is -2.26. The van der Waals surface area contributed by atoms with E-state index in [1.54, 1.807) is 20.8 Å². The van der Waals surface area contributed by atoms with E-state index in [0.29, 0.717) is 13.0 Å². The number of carboxylic acids is 1. The van der Waals surface area contributed by atoms with Crippen molar-refractivity contribution in [2.75, 3.05) is 13.2 Å². The molecule has 25 heavy (non-hydrogen) atoms. The molecular formula is C19H27NO5. The summed E-state index contributed by atoms with van der Waals surface area (Å²) in [6.45, 7) is 6.06. The summed E-state index contributed by atoms with van der Waals surface area (Å²) in [6.07, 6.45) is 1.18. The summed E-state index contributed by atoms with van der Waals surface area (Å²) in [5.74, 6) is -1.03. The van der Waals surface area contributed by atoms with Crippen LogP contribution in [0.1, 0.15) is 39.2 Å². The Morgan fingerprint density at radius 2 is 1.92 bits per heavy atom. The molecule has 0 bridgehead atoms. The van der Waals surface area contributed by atoms with Crippen LogP contribution in [0.3, 0.4) is 0 Å². The van der Waals surface area contributed by atoms with Crippen LogP contribution >= 0.6 is 0 Å². The third kappa shape index (κ3) is 6.05. The number of amides is 1. The van der Waals surface area contributed by atoms with Gasteiger partial charge in [0.05, 0.1) is 12.6 Å². The molecule has 0 unspecified atom stereocenters. The molecule has 6 heteroatoms. The van der Waals surface area contributed by atoms with Gasteiger partial charge in [0, 0.05) is 13.0 Å². The van der Waals surface area contributed by atoms with Crippen molar-refractivity contribution in [3.05, 3.63) is 35.9 Å². The van der Waals surface area contributed by atoms with E-state index >= 15 is 0 Å². The molecule has 1 aromatic carbocycles. The minimum Gasteiger partial charge on any atom is -0.480 e. The number of ether oxygens (including phenoxy) is 2. The van der Waals surface area contributed by atoms with E-state index in [2.05, 4.69) is 12.1 Å². The van der Waals surface area contributed by atoms with Gasteiger partial charge in [0.1, 0.15) is 11.6 Å². The average molecular weight is 349 g/mol. The predicted octanol–water partition coefficient (Wildman–Crippen LogP) is 3.10. The number of carbonyl (C=O) groups excluding carboxylic acids is 1. The van der Waals surface area contributed by atoms with Crippen molar-refractivity contribution in [1.29, 1.82) is 0 Å². The Balaban J connectivity index is 1.82. The Morgan fingerprint density at radius 3 is 2.52 bits per heavy atom. The molecule has 1 aliphatic rings. The van der Waals surface area contributed by atoms with E-state index in [0.717, 1.165) is 12.8 Å². The van der Waals surface area contributed by atoms with E-state index in [1.807, 2.05) is 18.2 Å². The zero-order valence-corrected chi connectivity index (χ0v) is 15.1. The molecule has 0 aliphatic carbocycles. The maximum Gasteiger partial charge on any atom is 0.411 e. The molecule has 2 rings (SSSR count). The number of carbonyl (C=O) groups is 2. The third-order valence-electron chi connectivity index (χ3n) is 3.98. The van der Waals surface area contributed by atoms with Crippen LogP contribution in [0.5, 0.6) is 0 Å². The van der Waals surface area contributed by atoms with E-state index in [1.165, 1.54) is 10.5 Å². The molecule has 1 heterocycles. The molecule has 0 radical (unpaired) electrons. The van der Waals surface area contributed by atoms with Crippen molar-refractivity contribution >= 4 is 12.1 Å². The molecule has 6 nitrogen and oxygen atoms in total. The van der Waals surface area contributed by atoms with Gasteiger partial charge in [-0.1, -0.05) is 30.3 Å². The van der Waals surface area contributed by atoms with Gasteiger partial charge in [-0.2, -0.15) is 0 Å². The minimum atomic E-state index is -1.03. The van der Waals surface area contributed by atoms with Gasteiger partial charge in [-0.25, -0.2) is 9.59 Å². The van der Waals surface area contributed by atoms with Crippen LogP contribution < -0.4 is 0 Å². The fraction of sp³-hybridized carbons (Fsp3) is 0.579. The highest BCUT2D eigenvalue weighted by Gasteiger charge is 2.42. The number of aliphatic carboxylic acids is 1. The lowest BCUT2D eigenvalue weighted by Crippen LogP contribution is -2.43. The summed E-state index contributed by atoms with van der Waals surface area (Å²) in [5, 5.41) is 9.36. The van der Waals surface area contributed by atoms with Gasteiger partial charge >= 0.3 is 12.1 Å². The van der Waals surface area contributed by atoms with Crippen molar-refractivity contribution in [2.24, 2.45) is 0 Å². The molecule has 1 aromatic rings. The van der Waals surface area contributed by atoms with Gasteiger partial charge < -0.3 is 14.6 Å². The summed E-state index contributed by atoms with van der Waals surface area (Å²) in [4.78, 5) is 24.9. The first kappa shape index (κ1) is 19.2. The highest BCUT2D eigenvalue weighted by Crippen LogP contribution is 2.23. The lowest BCUT2D eigenvalue weighted by molar-refractivity contribution is -0.142. The highest BCUT2D eigenvalue weighted by molar-refractivity contribution is 5.81. The Morgan fingerprint density at radius 1 is 1.24 bits per heavy atom. The summed E-state index contributed by atoms with van der Waals surface area (Å²) < 4.78 is 11.1. The summed E-state index contributed by atoms with van der Waals surface area (Å²) in [7, 11) is 0. The fourth-order valence-electron chi connectivity index (χ4n) is 2.85. The first-order valence-electron chi connectivity index (χ1n) is 8.64. The van der Waals surface area contributed by atoms with Crippen LogP contribution in [0.15, 0.2) is 30.3 Å². The Bertz CT molecular complexity index is 581. The lowest BCUT2D eigenvalue weighted by atomic mass is 10.1. The van der Waals surface area contributed by atoms with Crippen molar-refractivity contribution in [3.8, 4) is 0 Å². The van der Waals surface area contributed by atoms with Crippen LogP contribution in [-0.4, -0.2) is 53.0 Å². The Kier molecular flexibility index (Phi) is 6.42. The zero-order chi connectivity index (χ0) is 18.4. The number of nitrogens with zero attached hydrogens (tertiary/aromatic N) is 1. The predicted molar refractivity (Wildman–Crippen MR) is 93.5 cm³/mol. The fourth-order valence-corrected chi connectivity index (χ4v) is 2.85. The van der Waals surface area contributed by atoms with Crippen LogP contribution in [0.4, 0.5) is 4.79 Å². The Labute approximate surface area is 148 Å². The third-order valence-corrected chi connectivity index (χ3v) is 3.98. The molecule has 1 fully saturated rings. The largest absolute Gasteiger partial charge is 0.480 e. The molecule has 1 N–H and O–H groups in total. The van der Waals surface area contributed by atoms with Gasteiger partial charge in [0.25, 0.3) is 0 Å². The van der Waals surface area contributed by atoms with Gasteiger partial charge in [-0.05, 0) is 39.2 Å². The van der Waals surface area contributed by atoms with Crippen LogP contribution in [0.25, 0.3) is 0 Å². The number of benzene rings is 1. The van der Waals surface area contributed by atoms with Crippen molar-refractivity contribution < 1.29 is 24.2 Å². The van der Waals surface area contributed by atoms with Crippen molar-refractivity contribution in [1.82, 2.24) is 4.90 Å². The standard InChI is InChI=1S/C19H27NO5/c1-19(2,3)25-18(23)20-13-15(12-16(20)17(21)22)24-11-7-10-14-8-5-4-6-9-14/h4-6,8-9,15-16H,7,10-13H2,1-3H3,(H,21,22)/t15-,16-/m0/s1.